The summed E-state index contributed by atoms with van der Waals surface area (Å²) in [5.41, 5.74) is 1.94. The highest BCUT2D eigenvalue weighted by molar-refractivity contribution is 6.10. The minimum absolute atomic E-state index is 0.200. The SMILES string of the molecule is COc1c(C(=O)Nc2cc(C(=O)Cc3ccc(CN4CCN(C)CC4)c(C(F)(F)F)c3)ccc2C)cnc2[nH]ccc12. The zero-order chi connectivity index (χ0) is 30.0. The lowest BCUT2D eigenvalue weighted by atomic mass is 9.97. The number of methoxy groups -OCH3 is 1. The molecule has 0 atom stereocenters. The lowest BCUT2D eigenvalue weighted by Gasteiger charge is -2.33. The Balaban J connectivity index is 1.33. The third-order valence-corrected chi connectivity index (χ3v) is 7.63. The van der Waals surface area contributed by atoms with Crippen molar-refractivity contribution in [2.45, 2.75) is 26.1 Å². The third kappa shape index (κ3) is 6.32. The van der Waals surface area contributed by atoms with Crippen LogP contribution >= 0.6 is 0 Å². The summed E-state index contributed by atoms with van der Waals surface area (Å²) < 4.78 is 47.5. The number of fused-ring (bicyclic) bond motifs is 1. The number of piperazine rings is 1. The van der Waals surface area contributed by atoms with Crippen molar-refractivity contribution in [2.24, 2.45) is 0 Å². The predicted octanol–water partition coefficient (Wildman–Crippen LogP) is 5.32. The van der Waals surface area contributed by atoms with Crippen LogP contribution in [0.3, 0.4) is 0 Å². The first-order chi connectivity index (χ1) is 20.0. The highest BCUT2D eigenvalue weighted by Gasteiger charge is 2.34. The first-order valence-electron chi connectivity index (χ1n) is 13.6. The molecule has 0 aliphatic carbocycles. The van der Waals surface area contributed by atoms with E-state index in [4.69, 9.17) is 4.74 Å². The van der Waals surface area contributed by atoms with Gasteiger partial charge in [0.1, 0.15) is 17.0 Å². The zero-order valence-electron chi connectivity index (χ0n) is 23.6. The number of aromatic amines is 1. The Bertz CT molecular complexity index is 1620. The summed E-state index contributed by atoms with van der Waals surface area (Å²) in [6, 6.07) is 10.7. The van der Waals surface area contributed by atoms with Crippen LogP contribution in [0.4, 0.5) is 18.9 Å². The van der Waals surface area contributed by atoms with E-state index in [-0.39, 0.29) is 41.0 Å². The highest BCUT2D eigenvalue weighted by atomic mass is 19.4. The minimum Gasteiger partial charge on any atom is -0.495 e. The topological polar surface area (TPSA) is 90.6 Å². The van der Waals surface area contributed by atoms with Gasteiger partial charge in [0, 0.05) is 62.8 Å². The van der Waals surface area contributed by atoms with Crippen molar-refractivity contribution >= 4 is 28.4 Å². The lowest BCUT2D eigenvalue weighted by molar-refractivity contribution is -0.138. The second-order valence-electron chi connectivity index (χ2n) is 10.6. The van der Waals surface area contributed by atoms with Crippen LogP contribution in [0.5, 0.6) is 5.75 Å². The summed E-state index contributed by atoms with van der Waals surface area (Å²) in [5, 5.41) is 3.47. The third-order valence-electron chi connectivity index (χ3n) is 7.63. The van der Waals surface area contributed by atoms with Crippen molar-refractivity contribution in [2.75, 3.05) is 45.7 Å². The maximum atomic E-state index is 14.0. The number of nitrogens with one attached hydrogen (secondary N) is 2. The van der Waals surface area contributed by atoms with E-state index in [1.807, 2.05) is 11.9 Å². The Morgan fingerprint density at radius 1 is 1.07 bits per heavy atom. The van der Waals surface area contributed by atoms with Gasteiger partial charge < -0.3 is 19.9 Å². The first kappa shape index (κ1) is 29.3. The molecule has 2 aromatic carbocycles. The van der Waals surface area contributed by atoms with Gasteiger partial charge in [-0.3, -0.25) is 14.5 Å². The van der Waals surface area contributed by atoms with E-state index in [0.29, 0.717) is 41.1 Å². The van der Waals surface area contributed by atoms with Crippen molar-refractivity contribution in [1.82, 2.24) is 19.8 Å². The average Bonchev–Trinajstić information content (AvgIpc) is 3.44. The second-order valence-corrected chi connectivity index (χ2v) is 10.6. The van der Waals surface area contributed by atoms with Gasteiger partial charge in [0.05, 0.1) is 18.1 Å². The number of hydrogen-bond acceptors (Lipinski definition) is 6. The molecule has 4 aromatic rings. The molecule has 0 spiro atoms. The number of hydrogen-bond donors (Lipinski definition) is 2. The molecule has 1 aliphatic rings. The molecule has 2 N–H and O–H groups in total. The molecule has 5 rings (SSSR count). The summed E-state index contributed by atoms with van der Waals surface area (Å²) >= 11 is 0. The molecule has 42 heavy (non-hydrogen) atoms. The van der Waals surface area contributed by atoms with E-state index >= 15 is 0 Å². The summed E-state index contributed by atoms with van der Waals surface area (Å²) in [4.78, 5) is 37.8. The number of H-pyrrole nitrogens is 1. The maximum absolute atomic E-state index is 14.0. The summed E-state index contributed by atoms with van der Waals surface area (Å²) in [7, 11) is 3.46. The maximum Gasteiger partial charge on any atom is 0.416 e. The van der Waals surface area contributed by atoms with Gasteiger partial charge in [-0.05, 0) is 48.9 Å². The molecule has 1 saturated heterocycles. The van der Waals surface area contributed by atoms with Gasteiger partial charge in [0.25, 0.3) is 5.91 Å². The molecule has 8 nitrogen and oxygen atoms in total. The molecule has 0 radical (unpaired) electrons. The van der Waals surface area contributed by atoms with Crippen LogP contribution in [0.15, 0.2) is 54.9 Å². The van der Waals surface area contributed by atoms with E-state index in [0.717, 1.165) is 19.2 Å². The van der Waals surface area contributed by atoms with Gasteiger partial charge in [-0.2, -0.15) is 13.2 Å². The number of carbonyl (C=O) groups excluding carboxylic acids is 2. The Hall–Kier alpha value is -4.22. The summed E-state index contributed by atoms with van der Waals surface area (Å²) in [6.45, 7) is 4.99. The number of ether oxygens (including phenoxy) is 1. The molecule has 220 valence electrons. The van der Waals surface area contributed by atoms with E-state index < -0.39 is 17.6 Å². The molecule has 0 bridgehead atoms. The fourth-order valence-electron chi connectivity index (χ4n) is 5.15. The number of rotatable bonds is 8. The number of Topliss-reactive ketones (excluding diaryl/α,β-unsaturated/α-hetero) is 1. The van der Waals surface area contributed by atoms with Crippen LogP contribution in [0.1, 0.15) is 43.0 Å². The number of nitrogens with zero attached hydrogens (tertiary/aromatic N) is 3. The quantitative estimate of drug-likeness (QED) is 0.275. The van der Waals surface area contributed by atoms with Crippen LogP contribution in [0.25, 0.3) is 11.0 Å². The number of pyridine rings is 1. The molecule has 0 saturated carbocycles. The van der Waals surface area contributed by atoms with Crippen molar-refractivity contribution in [3.05, 3.63) is 88.2 Å². The molecule has 1 aliphatic heterocycles. The van der Waals surface area contributed by atoms with Gasteiger partial charge in [0.15, 0.2) is 5.78 Å². The van der Waals surface area contributed by atoms with E-state index in [1.165, 1.54) is 25.4 Å². The number of likely N-dealkylation sites (N-methyl/N-ethyl adjacent to an activating group) is 1. The first-order valence-corrected chi connectivity index (χ1v) is 13.6. The van der Waals surface area contributed by atoms with Crippen LogP contribution < -0.4 is 10.1 Å². The molecule has 1 amide bonds. The normalized spacial score (nSPS) is 14.7. The van der Waals surface area contributed by atoms with Crippen LogP contribution in [0, 0.1) is 6.92 Å². The molecule has 2 aromatic heterocycles. The van der Waals surface area contributed by atoms with Gasteiger partial charge in [-0.15, -0.1) is 0 Å². The van der Waals surface area contributed by atoms with Crippen molar-refractivity contribution in [3.8, 4) is 5.75 Å². The number of amides is 1. The monoisotopic (exact) mass is 579 g/mol. The number of benzene rings is 2. The Labute approximate surface area is 241 Å². The standard InChI is InChI=1S/C31H32F3N5O3/c1-19-4-6-21(16-26(19)37-30(41)24-17-36-29-23(8-9-35-29)28(24)42-3)27(40)15-20-5-7-22(25(14-20)31(32,33)34)18-39-12-10-38(2)11-13-39/h4-9,14,16-17H,10-13,15,18H2,1-3H3,(H,35,36)(H,37,41). The van der Waals surface area contributed by atoms with E-state index in [2.05, 4.69) is 20.2 Å². The Morgan fingerprint density at radius 2 is 1.83 bits per heavy atom. The second kappa shape index (κ2) is 11.9. The largest absolute Gasteiger partial charge is 0.495 e. The molecule has 0 unspecified atom stereocenters. The molecular formula is C31H32F3N5O3. The van der Waals surface area contributed by atoms with Crippen LogP contribution in [-0.4, -0.2) is 71.8 Å². The number of anilines is 1. The number of halogens is 3. The van der Waals surface area contributed by atoms with Gasteiger partial charge in [-0.1, -0.05) is 24.3 Å². The van der Waals surface area contributed by atoms with Crippen LogP contribution in [0.2, 0.25) is 0 Å². The van der Waals surface area contributed by atoms with Gasteiger partial charge in [0.2, 0.25) is 0 Å². The Morgan fingerprint density at radius 3 is 2.55 bits per heavy atom. The number of aromatic nitrogens is 2. The Kier molecular flexibility index (Phi) is 8.33. The zero-order valence-corrected chi connectivity index (χ0v) is 23.6. The summed E-state index contributed by atoms with van der Waals surface area (Å²) in [5.74, 6) is -0.473. The molecule has 1 fully saturated rings. The molecular weight excluding hydrogens is 547 g/mol. The van der Waals surface area contributed by atoms with Gasteiger partial charge in [-0.25, -0.2) is 4.98 Å². The van der Waals surface area contributed by atoms with Crippen molar-refractivity contribution in [3.63, 3.8) is 0 Å². The number of aryl methyl sites for hydroxylation is 1. The fraction of sp³-hybridized carbons (Fsp3) is 0.323. The van der Waals surface area contributed by atoms with E-state index in [1.54, 1.807) is 37.4 Å². The van der Waals surface area contributed by atoms with Crippen molar-refractivity contribution < 1.29 is 27.5 Å². The number of carbonyl (C=O) groups is 2. The molecule has 3 heterocycles. The van der Waals surface area contributed by atoms with Gasteiger partial charge >= 0.3 is 6.18 Å². The fourth-order valence-corrected chi connectivity index (χ4v) is 5.15. The van der Waals surface area contributed by atoms with Crippen molar-refractivity contribution in [1.29, 1.82) is 0 Å². The smallest absolute Gasteiger partial charge is 0.416 e. The molecule has 11 heteroatoms. The number of ketones is 1. The highest BCUT2D eigenvalue weighted by Crippen LogP contribution is 2.34. The van der Waals surface area contributed by atoms with E-state index in [9.17, 15) is 22.8 Å². The summed E-state index contributed by atoms with van der Waals surface area (Å²) in [6.07, 6.45) is -1.65. The average molecular weight is 580 g/mol. The number of alkyl halides is 3. The van der Waals surface area contributed by atoms with Crippen LogP contribution in [-0.2, 0) is 19.1 Å². The predicted molar refractivity (Wildman–Crippen MR) is 154 cm³/mol. The minimum atomic E-state index is -4.54. The lowest BCUT2D eigenvalue weighted by Crippen LogP contribution is -2.44.